The van der Waals surface area contributed by atoms with Gasteiger partial charge in [-0.15, -0.1) is 0 Å². The van der Waals surface area contributed by atoms with E-state index in [9.17, 15) is 18.0 Å². The standard InChI is InChI=1S/C8H5F3O2.K.H/c9-8(10,11)6-4-2-1-3-5(6)7(12)13;;/h1-4H,(H,12,13);;. The predicted molar refractivity (Wildman–Crippen MR) is 45.6 cm³/mol. The average Bonchev–Trinajstić information content (AvgIpc) is 2.03. The van der Waals surface area contributed by atoms with Crippen LogP contribution in [0.5, 0.6) is 0 Å². The van der Waals surface area contributed by atoms with E-state index in [0.717, 1.165) is 18.2 Å². The van der Waals surface area contributed by atoms with Crippen LogP contribution >= 0.6 is 0 Å². The molecule has 14 heavy (non-hydrogen) atoms. The van der Waals surface area contributed by atoms with E-state index in [-0.39, 0.29) is 51.4 Å². The molecule has 0 heterocycles. The molecule has 0 saturated carbocycles. The summed E-state index contributed by atoms with van der Waals surface area (Å²) in [5, 5.41) is 8.43. The van der Waals surface area contributed by atoms with Crippen LogP contribution < -0.4 is 0 Å². The van der Waals surface area contributed by atoms with Gasteiger partial charge in [-0.1, -0.05) is 12.1 Å². The van der Waals surface area contributed by atoms with E-state index >= 15 is 0 Å². The van der Waals surface area contributed by atoms with Gasteiger partial charge in [-0.2, -0.15) is 13.2 Å². The zero-order valence-electron chi connectivity index (χ0n) is 6.30. The van der Waals surface area contributed by atoms with Crippen molar-refractivity contribution in [2.45, 2.75) is 6.18 Å². The first-order valence-electron chi connectivity index (χ1n) is 3.32. The Balaban J connectivity index is 0.00000169. The molecule has 0 amide bonds. The summed E-state index contributed by atoms with van der Waals surface area (Å²) in [6.45, 7) is 0. The zero-order valence-corrected chi connectivity index (χ0v) is 6.30. The molecule has 0 radical (unpaired) electrons. The van der Waals surface area contributed by atoms with Gasteiger partial charge in [0.05, 0.1) is 11.1 Å². The van der Waals surface area contributed by atoms with Crippen LogP contribution in [0.4, 0.5) is 13.2 Å². The van der Waals surface area contributed by atoms with Crippen molar-refractivity contribution in [1.29, 1.82) is 0 Å². The number of aromatic carboxylic acids is 1. The maximum absolute atomic E-state index is 12.1. The first-order chi connectivity index (χ1) is 5.93. The van der Waals surface area contributed by atoms with Gasteiger partial charge in [0, 0.05) is 0 Å². The van der Waals surface area contributed by atoms with Crippen molar-refractivity contribution >= 4 is 57.4 Å². The number of carbonyl (C=O) groups is 1. The molecule has 1 aromatic rings. The molecule has 0 atom stereocenters. The van der Waals surface area contributed by atoms with Gasteiger partial charge in [-0.3, -0.25) is 0 Å². The van der Waals surface area contributed by atoms with Gasteiger partial charge in [0.25, 0.3) is 0 Å². The summed E-state index contributed by atoms with van der Waals surface area (Å²) in [5.41, 5.74) is -1.85. The number of alkyl halides is 3. The van der Waals surface area contributed by atoms with Crippen LogP contribution in [-0.2, 0) is 6.18 Å². The van der Waals surface area contributed by atoms with E-state index in [1.165, 1.54) is 6.07 Å². The summed E-state index contributed by atoms with van der Waals surface area (Å²) < 4.78 is 36.4. The van der Waals surface area contributed by atoms with Crippen molar-refractivity contribution in [3.63, 3.8) is 0 Å². The molecule has 0 fully saturated rings. The van der Waals surface area contributed by atoms with Crippen LogP contribution in [0.25, 0.3) is 0 Å². The quantitative estimate of drug-likeness (QED) is 0.746. The van der Waals surface area contributed by atoms with Gasteiger partial charge in [-0.05, 0) is 12.1 Å². The van der Waals surface area contributed by atoms with Crippen LogP contribution in [0.2, 0.25) is 0 Å². The van der Waals surface area contributed by atoms with Gasteiger partial charge < -0.3 is 5.11 Å². The van der Waals surface area contributed by atoms with Crippen molar-refractivity contribution in [1.82, 2.24) is 0 Å². The summed E-state index contributed by atoms with van der Waals surface area (Å²) >= 11 is 0. The second-order valence-corrected chi connectivity index (χ2v) is 2.35. The van der Waals surface area contributed by atoms with Gasteiger partial charge >= 0.3 is 63.5 Å². The molecular weight excluding hydrogens is 224 g/mol. The molecule has 0 bridgehead atoms. The van der Waals surface area contributed by atoms with Crippen LogP contribution in [0.15, 0.2) is 24.3 Å². The van der Waals surface area contributed by atoms with Crippen molar-refractivity contribution in [3.8, 4) is 0 Å². The Labute approximate surface area is 121 Å². The SMILES string of the molecule is O=C(O)c1ccccc1C(F)(F)F.[KH]. The second kappa shape index (κ2) is 5.27. The third kappa shape index (κ3) is 3.36. The number of benzene rings is 1. The number of rotatable bonds is 1. The van der Waals surface area contributed by atoms with E-state index in [1.807, 2.05) is 0 Å². The Hall–Kier alpha value is 0.116. The molecular formula is C8H6F3KO2. The van der Waals surface area contributed by atoms with Gasteiger partial charge in [-0.25, -0.2) is 4.79 Å². The van der Waals surface area contributed by atoms with Gasteiger partial charge in [0.15, 0.2) is 0 Å². The number of carboxylic acid groups (broad SMARTS) is 1. The summed E-state index contributed by atoms with van der Waals surface area (Å²) in [6.07, 6.45) is -4.62. The van der Waals surface area contributed by atoms with E-state index in [4.69, 9.17) is 5.11 Å². The monoisotopic (exact) mass is 230 g/mol. The first-order valence-corrected chi connectivity index (χ1v) is 3.32. The van der Waals surface area contributed by atoms with Crippen LogP contribution in [-0.4, -0.2) is 62.5 Å². The molecule has 0 aliphatic carbocycles. The minimum atomic E-state index is -4.62. The van der Waals surface area contributed by atoms with Crippen LogP contribution in [0.3, 0.4) is 0 Å². The molecule has 2 nitrogen and oxygen atoms in total. The number of halogens is 3. The van der Waals surface area contributed by atoms with E-state index in [2.05, 4.69) is 0 Å². The summed E-state index contributed by atoms with van der Waals surface area (Å²) in [7, 11) is 0. The van der Waals surface area contributed by atoms with Gasteiger partial charge in [0.2, 0.25) is 0 Å². The molecule has 0 spiro atoms. The van der Waals surface area contributed by atoms with Crippen molar-refractivity contribution in [2.75, 3.05) is 0 Å². The Morgan fingerprint density at radius 3 is 2.07 bits per heavy atom. The minimum absolute atomic E-state index is 0. The molecule has 1 N–H and O–H groups in total. The normalized spacial score (nSPS) is 10.5. The molecule has 1 rings (SSSR count). The fourth-order valence-electron chi connectivity index (χ4n) is 0.917. The Morgan fingerprint density at radius 2 is 1.71 bits per heavy atom. The second-order valence-electron chi connectivity index (χ2n) is 2.35. The molecule has 1 aromatic carbocycles. The number of hydrogen-bond donors (Lipinski definition) is 1. The molecule has 6 heteroatoms. The Kier molecular flexibility index (Phi) is 5.31. The van der Waals surface area contributed by atoms with Crippen molar-refractivity contribution in [3.05, 3.63) is 35.4 Å². The maximum atomic E-state index is 12.1. The molecule has 72 valence electrons. The predicted octanol–water partition coefficient (Wildman–Crippen LogP) is 1.76. The van der Waals surface area contributed by atoms with Gasteiger partial charge in [0.1, 0.15) is 0 Å². The topological polar surface area (TPSA) is 37.3 Å². The fraction of sp³-hybridized carbons (Fsp3) is 0.125. The van der Waals surface area contributed by atoms with E-state index < -0.39 is 23.3 Å². The number of carboxylic acids is 1. The third-order valence-corrected chi connectivity index (χ3v) is 1.46. The summed E-state index contributed by atoms with van der Waals surface area (Å²) in [5.74, 6) is -1.58. The molecule has 0 aromatic heterocycles. The van der Waals surface area contributed by atoms with E-state index in [1.54, 1.807) is 0 Å². The average molecular weight is 230 g/mol. The molecule has 0 aliphatic rings. The van der Waals surface area contributed by atoms with Crippen molar-refractivity contribution in [2.24, 2.45) is 0 Å². The van der Waals surface area contributed by atoms with Crippen LogP contribution in [0.1, 0.15) is 15.9 Å². The Morgan fingerprint density at radius 1 is 1.21 bits per heavy atom. The van der Waals surface area contributed by atoms with Crippen molar-refractivity contribution < 1.29 is 23.1 Å². The number of hydrogen-bond acceptors (Lipinski definition) is 1. The Bertz CT molecular complexity index is 336. The molecule has 0 aliphatic heterocycles. The first kappa shape index (κ1) is 14.1. The molecule has 0 unspecified atom stereocenters. The molecule has 0 saturated heterocycles. The summed E-state index contributed by atoms with van der Waals surface area (Å²) in [4.78, 5) is 10.4. The fourth-order valence-corrected chi connectivity index (χ4v) is 0.917. The third-order valence-electron chi connectivity index (χ3n) is 1.46. The van der Waals surface area contributed by atoms with E-state index in [0.29, 0.717) is 0 Å². The zero-order chi connectivity index (χ0) is 10.1. The van der Waals surface area contributed by atoms with Crippen LogP contribution in [0, 0.1) is 0 Å². The summed E-state index contributed by atoms with van der Waals surface area (Å²) in [6, 6.07) is 4.06.